The van der Waals surface area contributed by atoms with E-state index in [1.165, 1.54) is 11.3 Å². The third-order valence-corrected chi connectivity index (χ3v) is 6.78. The molecule has 1 fully saturated rings. The Morgan fingerprint density at radius 1 is 1.50 bits per heavy atom. The van der Waals surface area contributed by atoms with Crippen LogP contribution in [0.5, 0.6) is 0 Å². The van der Waals surface area contributed by atoms with Crippen LogP contribution in [0.1, 0.15) is 25.3 Å². The molecule has 0 aliphatic carbocycles. The highest BCUT2D eigenvalue weighted by molar-refractivity contribution is 7.91. The van der Waals surface area contributed by atoms with Crippen molar-refractivity contribution in [3.63, 3.8) is 0 Å². The zero-order chi connectivity index (χ0) is 13.3. The van der Waals surface area contributed by atoms with Crippen LogP contribution in [-0.2, 0) is 10.0 Å². The molecular weight excluding hydrogens is 268 g/mol. The van der Waals surface area contributed by atoms with E-state index in [9.17, 15) is 8.42 Å². The van der Waals surface area contributed by atoms with E-state index in [1.54, 1.807) is 10.4 Å². The van der Waals surface area contributed by atoms with Crippen LogP contribution in [0, 0.1) is 12.8 Å². The van der Waals surface area contributed by atoms with Crippen molar-refractivity contribution >= 4 is 21.4 Å². The van der Waals surface area contributed by atoms with Crippen molar-refractivity contribution in [2.24, 2.45) is 11.7 Å². The van der Waals surface area contributed by atoms with Gasteiger partial charge in [-0.2, -0.15) is 4.31 Å². The van der Waals surface area contributed by atoms with Crippen LogP contribution in [0.2, 0.25) is 0 Å². The highest BCUT2D eigenvalue weighted by atomic mass is 32.2. The van der Waals surface area contributed by atoms with E-state index in [2.05, 4.69) is 6.92 Å². The summed E-state index contributed by atoms with van der Waals surface area (Å²) in [6.07, 6.45) is 2.04. The first kappa shape index (κ1) is 14.0. The van der Waals surface area contributed by atoms with E-state index in [0.29, 0.717) is 23.2 Å². The summed E-state index contributed by atoms with van der Waals surface area (Å²) in [5.74, 6) is 0.297. The molecule has 18 heavy (non-hydrogen) atoms. The number of nitrogens with zero attached hydrogens (tertiary/aromatic N) is 1. The summed E-state index contributed by atoms with van der Waals surface area (Å²) >= 11 is 1.29. The average molecular weight is 288 g/mol. The van der Waals surface area contributed by atoms with Crippen LogP contribution in [0.4, 0.5) is 0 Å². The van der Waals surface area contributed by atoms with Crippen molar-refractivity contribution in [1.29, 1.82) is 0 Å². The lowest BCUT2D eigenvalue weighted by Crippen LogP contribution is -2.32. The Bertz CT molecular complexity index is 510. The van der Waals surface area contributed by atoms with Crippen LogP contribution >= 0.6 is 11.3 Å². The topological polar surface area (TPSA) is 63.4 Å². The molecule has 1 aromatic heterocycles. The van der Waals surface area contributed by atoms with Gasteiger partial charge in [-0.25, -0.2) is 8.42 Å². The fourth-order valence-corrected chi connectivity index (χ4v) is 5.31. The van der Waals surface area contributed by atoms with E-state index < -0.39 is 10.0 Å². The van der Waals surface area contributed by atoms with Crippen LogP contribution < -0.4 is 5.73 Å². The van der Waals surface area contributed by atoms with Gasteiger partial charge >= 0.3 is 0 Å². The number of hydrogen-bond acceptors (Lipinski definition) is 4. The lowest BCUT2D eigenvalue weighted by molar-refractivity contribution is 0.440. The van der Waals surface area contributed by atoms with Crippen molar-refractivity contribution in [3.05, 3.63) is 17.0 Å². The Labute approximate surface area is 113 Å². The Balaban J connectivity index is 2.18. The quantitative estimate of drug-likeness (QED) is 0.919. The minimum atomic E-state index is -3.33. The summed E-state index contributed by atoms with van der Waals surface area (Å²) in [6, 6.07) is 1.71. The smallest absolute Gasteiger partial charge is 0.252 e. The molecule has 6 heteroatoms. The number of hydrogen-bond donors (Lipinski definition) is 1. The number of thiophene rings is 1. The minimum Gasteiger partial charge on any atom is -0.326 e. The summed E-state index contributed by atoms with van der Waals surface area (Å²) in [7, 11) is -3.33. The van der Waals surface area contributed by atoms with Crippen molar-refractivity contribution in [3.8, 4) is 0 Å². The second kappa shape index (κ2) is 5.28. The molecule has 2 rings (SSSR count). The first-order valence-corrected chi connectivity index (χ1v) is 8.58. The molecule has 0 amide bonds. The SMILES string of the molecule is CCCC1CN(S(=O)(=O)c2cc(C)cs2)CC1N. The monoisotopic (exact) mass is 288 g/mol. The highest BCUT2D eigenvalue weighted by Crippen LogP contribution is 2.29. The van der Waals surface area contributed by atoms with Crippen molar-refractivity contribution in [2.75, 3.05) is 13.1 Å². The van der Waals surface area contributed by atoms with Gasteiger partial charge in [0.2, 0.25) is 0 Å². The second-order valence-corrected chi connectivity index (χ2v) is 8.05. The molecule has 2 atom stereocenters. The van der Waals surface area contributed by atoms with Gasteiger partial charge in [0.05, 0.1) is 0 Å². The van der Waals surface area contributed by atoms with Gasteiger partial charge in [-0.05, 0) is 36.3 Å². The van der Waals surface area contributed by atoms with E-state index in [4.69, 9.17) is 5.73 Å². The molecule has 102 valence electrons. The van der Waals surface area contributed by atoms with Crippen LogP contribution in [0.3, 0.4) is 0 Å². The normalized spacial score (nSPS) is 25.7. The Hall–Kier alpha value is -0.430. The van der Waals surface area contributed by atoms with Gasteiger partial charge in [-0.15, -0.1) is 11.3 Å². The van der Waals surface area contributed by atoms with Gasteiger partial charge in [0.1, 0.15) is 4.21 Å². The molecule has 2 unspecified atom stereocenters. The van der Waals surface area contributed by atoms with Gasteiger partial charge in [-0.3, -0.25) is 0 Å². The second-order valence-electron chi connectivity index (χ2n) is 4.98. The largest absolute Gasteiger partial charge is 0.326 e. The number of sulfonamides is 1. The third-order valence-electron chi connectivity index (χ3n) is 3.42. The molecule has 2 heterocycles. The Morgan fingerprint density at radius 2 is 2.22 bits per heavy atom. The van der Waals surface area contributed by atoms with Gasteiger partial charge in [0.15, 0.2) is 0 Å². The summed E-state index contributed by atoms with van der Waals surface area (Å²) in [5, 5.41) is 1.87. The van der Waals surface area contributed by atoms with Gasteiger partial charge in [0, 0.05) is 19.1 Å². The maximum Gasteiger partial charge on any atom is 0.252 e. The van der Waals surface area contributed by atoms with Crippen LogP contribution in [0.15, 0.2) is 15.7 Å². The molecule has 1 aromatic rings. The fourth-order valence-electron chi connectivity index (χ4n) is 2.40. The summed E-state index contributed by atoms with van der Waals surface area (Å²) in [4.78, 5) is 0. The van der Waals surface area contributed by atoms with Gasteiger partial charge in [0.25, 0.3) is 10.0 Å². The summed E-state index contributed by atoms with van der Waals surface area (Å²) in [5.41, 5.74) is 7.03. The lowest BCUT2D eigenvalue weighted by atomic mass is 9.99. The highest BCUT2D eigenvalue weighted by Gasteiger charge is 2.37. The van der Waals surface area contributed by atoms with Gasteiger partial charge in [-0.1, -0.05) is 13.3 Å². The Kier molecular flexibility index (Phi) is 4.11. The standard InChI is InChI=1S/C12H20N2O2S2/c1-3-4-10-6-14(7-11(10)13)18(15,16)12-5-9(2)8-17-12/h5,8,10-11H,3-4,6-7,13H2,1-2H3. The molecule has 0 spiro atoms. The molecule has 0 saturated carbocycles. The lowest BCUT2D eigenvalue weighted by Gasteiger charge is -2.14. The first-order chi connectivity index (χ1) is 8.45. The molecular formula is C12H20N2O2S2. The van der Waals surface area contributed by atoms with Crippen molar-refractivity contribution in [2.45, 2.75) is 36.9 Å². The van der Waals surface area contributed by atoms with Crippen molar-refractivity contribution < 1.29 is 8.42 Å². The molecule has 0 aromatic carbocycles. The minimum absolute atomic E-state index is 0.0271. The third kappa shape index (κ3) is 2.61. The number of nitrogens with two attached hydrogens (primary N) is 1. The molecule has 0 bridgehead atoms. The van der Waals surface area contributed by atoms with E-state index in [0.717, 1.165) is 18.4 Å². The molecule has 0 radical (unpaired) electrons. The summed E-state index contributed by atoms with van der Waals surface area (Å²) in [6.45, 7) is 5.02. The maximum atomic E-state index is 12.4. The predicted octanol–water partition coefficient (Wildman–Crippen LogP) is 1.80. The van der Waals surface area contributed by atoms with E-state index >= 15 is 0 Å². The molecule has 1 aliphatic rings. The fraction of sp³-hybridized carbons (Fsp3) is 0.667. The zero-order valence-electron chi connectivity index (χ0n) is 10.8. The first-order valence-electron chi connectivity index (χ1n) is 6.26. The molecule has 1 saturated heterocycles. The molecule has 1 aliphatic heterocycles. The molecule has 2 N–H and O–H groups in total. The average Bonchev–Trinajstić information content (AvgIpc) is 2.87. The van der Waals surface area contributed by atoms with E-state index in [1.807, 2.05) is 12.3 Å². The van der Waals surface area contributed by atoms with Gasteiger partial charge < -0.3 is 5.73 Å². The van der Waals surface area contributed by atoms with Crippen LogP contribution in [-0.4, -0.2) is 31.9 Å². The summed E-state index contributed by atoms with van der Waals surface area (Å²) < 4.78 is 26.8. The number of rotatable bonds is 4. The van der Waals surface area contributed by atoms with Crippen molar-refractivity contribution in [1.82, 2.24) is 4.31 Å². The predicted molar refractivity (Wildman–Crippen MR) is 74.2 cm³/mol. The molecule has 4 nitrogen and oxygen atoms in total. The zero-order valence-corrected chi connectivity index (χ0v) is 12.4. The van der Waals surface area contributed by atoms with Crippen LogP contribution in [0.25, 0.3) is 0 Å². The number of aryl methyl sites for hydroxylation is 1. The Morgan fingerprint density at radius 3 is 2.78 bits per heavy atom. The maximum absolute atomic E-state index is 12.4. The van der Waals surface area contributed by atoms with E-state index in [-0.39, 0.29) is 6.04 Å².